The highest BCUT2D eigenvalue weighted by Gasteiger charge is 2.60. The first-order valence-electron chi connectivity index (χ1n) is 11.2. The van der Waals surface area contributed by atoms with Gasteiger partial charge in [0.15, 0.2) is 11.6 Å². The highest BCUT2D eigenvalue weighted by molar-refractivity contribution is 6.06. The van der Waals surface area contributed by atoms with E-state index < -0.39 is 0 Å². The zero-order chi connectivity index (χ0) is 20.6. The van der Waals surface area contributed by atoms with Crippen molar-refractivity contribution in [3.8, 4) is 0 Å². The van der Waals surface area contributed by atoms with Crippen LogP contribution >= 0.6 is 0 Å². The number of allylic oxidation sites excluding steroid dienone is 2. The van der Waals surface area contributed by atoms with Gasteiger partial charge in [0, 0.05) is 30.6 Å². The van der Waals surface area contributed by atoms with Crippen molar-refractivity contribution in [1.29, 1.82) is 0 Å². The number of carbonyl (C=O) groups is 2. The molecule has 5 atom stereocenters. The summed E-state index contributed by atoms with van der Waals surface area (Å²) in [5.74, 6) is 2.32. The number of aromatic nitrogens is 2. The number of hydrogen-bond acceptors (Lipinski definition) is 3. The van der Waals surface area contributed by atoms with Crippen molar-refractivity contribution in [2.45, 2.75) is 65.7 Å². The number of aryl methyl sites for hydroxylation is 2. The van der Waals surface area contributed by atoms with Gasteiger partial charge >= 0.3 is 0 Å². The van der Waals surface area contributed by atoms with E-state index >= 15 is 0 Å². The third-order valence-corrected chi connectivity index (χ3v) is 8.98. The van der Waals surface area contributed by atoms with E-state index in [2.05, 4.69) is 25.0 Å². The number of carbonyl (C=O) groups excluding carboxylic acids is 2. The molecule has 0 amide bonds. The SMILES string of the molecule is Cc1nn(C)cc1/C=C1/C[C@H]2[C@@H]3CCC4=CC(=O)CC[C@]4(C)[C@H]3CC[C@]2(C)C1=O. The van der Waals surface area contributed by atoms with Gasteiger partial charge < -0.3 is 0 Å². The van der Waals surface area contributed by atoms with Crippen molar-refractivity contribution in [2.75, 3.05) is 0 Å². The predicted molar refractivity (Wildman–Crippen MR) is 113 cm³/mol. The molecule has 29 heavy (non-hydrogen) atoms. The number of nitrogens with zero attached hydrogens (tertiary/aromatic N) is 2. The van der Waals surface area contributed by atoms with Crippen LogP contribution in [0.3, 0.4) is 0 Å². The zero-order valence-corrected chi connectivity index (χ0v) is 18.1. The van der Waals surface area contributed by atoms with E-state index in [1.165, 1.54) is 5.57 Å². The van der Waals surface area contributed by atoms with Crippen LogP contribution < -0.4 is 0 Å². The first kappa shape index (κ1) is 19.0. The Labute approximate surface area is 173 Å². The van der Waals surface area contributed by atoms with Gasteiger partial charge in [0.1, 0.15) is 0 Å². The molecule has 0 saturated heterocycles. The molecular weight excluding hydrogens is 360 g/mol. The van der Waals surface area contributed by atoms with Crippen LogP contribution in [-0.2, 0) is 16.6 Å². The Morgan fingerprint density at radius 2 is 1.90 bits per heavy atom. The lowest BCUT2D eigenvalue weighted by molar-refractivity contribution is -0.130. The fourth-order valence-corrected chi connectivity index (χ4v) is 7.31. The lowest BCUT2D eigenvalue weighted by Gasteiger charge is -2.56. The van der Waals surface area contributed by atoms with Crippen molar-refractivity contribution >= 4 is 17.6 Å². The lowest BCUT2D eigenvalue weighted by Crippen LogP contribution is -2.50. The number of fused-ring (bicyclic) bond motifs is 5. The van der Waals surface area contributed by atoms with Crippen LogP contribution in [0.5, 0.6) is 0 Å². The van der Waals surface area contributed by atoms with Crippen molar-refractivity contribution in [3.05, 3.63) is 34.7 Å². The summed E-state index contributed by atoms with van der Waals surface area (Å²) in [6.07, 6.45) is 12.9. The van der Waals surface area contributed by atoms with Crippen molar-refractivity contribution < 1.29 is 9.59 Å². The number of ketones is 2. The summed E-state index contributed by atoms with van der Waals surface area (Å²) in [6, 6.07) is 0. The van der Waals surface area contributed by atoms with E-state index in [1.54, 1.807) is 0 Å². The third kappa shape index (κ3) is 2.67. The Balaban J connectivity index is 1.49. The fraction of sp³-hybridized carbons (Fsp3) is 0.640. The minimum absolute atomic E-state index is 0.160. The van der Waals surface area contributed by atoms with Crippen LogP contribution in [-0.4, -0.2) is 21.3 Å². The Bertz CT molecular complexity index is 967. The smallest absolute Gasteiger partial charge is 0.165 e. The van der Waals surface area contributed by atoms with E-state index in [-0.39, 0.29) is 10.8 Å². The number of hydrogen-bond donors (Lipinski definition) is 0. The Hall–Kier alpha value is -1.97. The number of rotatable bonds is 1. The second-order valence-corrected chi connectivity index (χ2v) is 10.5. The highest BCUT2D eigenvalue weighted by atomic mass is 16.1. The first-order valence-corrected chi connectivity index (χ1v) is 11.2. The van der Waals surface area contributed by atoms with E-state index in [0.717, 1.165) is 55.4 Å². The molecule has 4 aliphatic rings. The lowest BCUT2D eigenvalue weighted by atomic mass is 9.47. The predicted octanol–water partition coefficient (Wildman–Crippen LogP) is 4.82. The molecule has 0 aliphatic heterocycles. The summed E-state index contributed by atoms with van der Waals surface area (Å²) in [5, 5.41) is 4.44. The van der Waals surface area contributed by atoms with Crippen LogP contribution in [0.1, 0.15) is 70.1 Å². The van der Waals surface area contributed by atoms with Crippen LogP contribution in [0, 0.1) is 35.5 Å². The molecule has 1 heterocycles. The molecule has 0 bridgehead atoms. The molecule has 1 aromatic heterocycles. The van der Waals surface area contributed by atoms with Gasteiger partial charge in [-0.3, -0.25) is 14.3 Å². The van der Waals surface area contributed by atoms with E-state index in [4.69, 9.17) is 0 Å². The monoisotopic (exact) mass is 392 g/mol. The summed E-state index contributed by atoms with van der Waals surface area (Å²) < 4.78 is 1.83. The summed E-state index contributed by atoms with van der Waals surface area (Å²) in [7, 11) is 1.93. The van der Waals surface area contributed by atoms with Gasteiger partial charge in [-0.15, -0.1) is 0 Å². The average Bonchev–Trinajstić information content (AvgIpc) is 3.12. The van der Waals surface area contributed by atoms with Crippen LogP contribution in [0.15, 0.2) is 23.4 Å². The Morgan fingerprint density at radius 3 is 2.62 bits per heavy atom. The van der Waals surface area contributed by atoms with Gasteiger partial charge in [-0.2, -0.15) is 5.10 Å². The van der Waals surface area contributed by atoms with E-state index in [1.807, 2.05) is 30.9 Å². The standard InChI is InChI=1S/C25H32N2O2/c1-15-17(14-27(4)26-15)11-16-12-22-20-6-5-18-13-19(28)7-9-24(18,2)21(20)8-10-25(22,3)23(16)29/h11,13-14,20-22H,5-10,12H2,1-4H3/b16-11-/t20-,21+,22+,24+,25+/m1/s1. The number of Topliss-reactive ketones (excluding diaryl/α,β-unsaturated/α-hetero) is 1. The molecule has 3 fully saturated rings. The van der Waals surface area contributed by atoms with Gasteiger partial charge in [0.25, 0.3) is 0 Å². The van der Waals surface area contributed by atoms with Gasteiger partial charge in [-0.25, -0.2) is 0 Å². The molecule has 0 radical (unpaired) electrons. The second-order valence-electron chi connectivity index (χ2n) is 10.5. The molecule has 0 N–H and O–H groups in total. The van der Waals surface area contributed by atoms with E-state index in [9.17, 15) is 9.59 Å². The largest absolute Gasteiger partial charge is 0.295 e. The summed E-state index contributed by atoms with van der Waals surface area (Å²) in [4.78, 5) is 25.5. The fourth-order valence-electron chi connectivity index (χ4n) is 7.31. The Morgan fingerprint density at radius 1 is 1.10 bits per heavy atom. The molecule has 0 aromatic carbocycles. The van der Waals surface area contributed by atoms with Crippen LogP contribution in [0.2, 0.25) is 0 Å². The van der Waals surface area contributed by atoms with Gasteiger partial charge in [-0.1, -0.05) is 19.4 Å². The molecule has 154 valence electrons. The topological polar surface area (TPSA) is 52.0 Å². The molecule has 3 saturated carbocycles. The first-order chi connectivity index (χ1) is 13.7. The van der Waals surface area contributed by atoms with Crippen molar-refractivity contribution in [2.24, 2.45) is 35.6 Å². The van der Waals surface area contributed by atoms with Crippen LogP contribution in [0.4, 0.5) is 0 Å². The molecule has 4 aliphatic carbocycles. The van der Waals surface area contributed by atoms with Gasteiger partial charge in [0.2, 0.25) is 0 Å². The maximum Gasteiger partial charge on any atom is 0.165 e. The van der Waals surface area contributed by atoms with Crippen molar-refractivity contribution in [3.63, 3.8) is 0 Å². The quantitative estimate of drug-likeness (QED) is 0.644. The molecular formula is C25H32N2O2. The minimum Gasteiger partial charge on any atom is -0.295 e. The van der Waals surface area contributed by atoms with Crippen molar-refractivity contribution in [1.82, 2.24) is 9.78 Å². The van der Waals surface area contributed by atoms with E-state index in [0.29, 0.717) is 35.7 Å². The van der Waals surface area contributed by atoms with Gasteiger partial charge in [0.05, 0.1) is 5.69 Å². The normalized spacial score (nSPS) is 40.5. The highest BCUT2D eigenvalue weighted by Crippen LogP contribution is 2.65. The zero-order valence-electron chi connectivity index (χ0n) is 18.1. The average molecular weight is 393 g/mol. The maximum atomic E-state index is 13.5. The summed E-state index contributed by atoms with van der Waals surface area (Å²) >= 11 is 0. The third-order valence-electron chi connectivity index (χ3n) is 8.98. The second kappa shape index (κ2) is 6.26. The summed E-state index contributed by atoms with van der Waals surface area (Å²) in [5.41, 5.74) is 4.39. The van der Waals surface area contributed by atoms with Gasteiger partial charge in [-0.05, 0) is 86.3 Å². The minimum atomic E-state index is -0.217. The molecule has 0 spiro atoms. The van der Waals surface area contributed by atoms with Crippen LogP contribution in [0.25, 0.3) is 6.08 Å². The molecule has 0 unspecified atom stereocenters. The molecule has 4 nitrogen and oxygen atoms in total. The molecule has 5 rings (SSSR count). The summed E-state index contributed by atoms with van der Waals surface area (Å²) in [6.45, 7) is 6.64. The molecule has 4 heteroatoms. The Kier molecular flexibility index (Phi) is 4.11. The molecule has 1 aromatic rings. The maximum absolute atomic E-state index is 13.5.